The smallest absolute Gasteiger partial charge is 0.273 e. The van der Waals surface area contributed by atoms with Crippen molar-refractivity contribution in [2.24, 2.45) is 0 Å². The first-order valence-electron chi connectivity index (χ1n) is 10.2. The van der Waals surface area contributed by atoms with Gasteiger partial charge in [0.05, 0.1) is 19.8 Å². The SMILES string of the molecule is O=C(CNC(=O)c1cc(-c2ccccc2)on1)NCc1ccc(N2CCOCC2)cc1. The molecule has 2 amide bonds. The Hall–Kier alpha value is -3.65. The van der Waals surface area contributed by atoms with Gasteiger partial charge in [0.15, 0.2) is 11.5 Å². The lowest BCUT2D eigenvalue weighted by Gasteiger charge is -2.28. The molecule has 0 bridgehead atoms. The Morgan fingerprint density at radius 1 is 0.968 bits per heavy atom. The number of anilines is 1. The van der Waals surface area contributed by atoms with Crippen LogP contribution in [0.5, 0.6) is 0 Å². The van der Waals surface area contributed by atoms with Gasteiger partial charge in [-0.05, 0) is 17.7 Å². The lowest BCUT2D eigenvalue weighted by molar-refractivity contribution is -0.120. The second kappa shape index (κ2) is 9.90. The maximum Gasteiger partial charge on any atom is 0.273 e. The Balaban J connectivity index is 1.22. The van der Waals surface area contributed by atoms with E-state index in [0.29, 0.717) is 12.3 Å². The standard InChI is InChI=1S/C23H24N4O4/c28-22(24-15-17-6-8-19(9-7-17)27-10-12-30-13-11-27)16-25-23(29)20-14-21(31-26-20)18-4-2-1-3-5-18/h1-9,14H,10-13,15-16H2,(H,24,28)(H,25,29). The first kappa shape index (κ1) is 20.6. The molecule has 160 valence electrons. The molecule has 2 N–H and O–H groups in total. The van der Waals surface area contributed by atoms with E-state index in [-0.39, 0.29) is 18.1 Å². The molecule has 1 aliphatic heterocycles. The van der Waals surface area contributed by atoms with Crippen molar-refractivity contribution < 1.29 is 18.8 Å². The second-order valence-electron chi connectivity index (χ2n) is 7.17. The van der Waals surface area contributed by atoms with Crippen molar-refractivity contribution in [3.05, 3.63) is 71.9 Å². The molecular formula is C23H24N4O4. The first-order valence-corrected chi connectivity index (χ1v) is 10.2. The summed E-state index contributed by atoms with van der Waals surface area (Å²) >= 11 is 0. The van der Waals surface area contributed by atoms with Gasteiger partial charge in [-0.25, -0.2) is 0 Å². The van der Waals surface area contributed by atoms with Gasteiger partial charge in [0.2, 0.25) is 5.91 Å². The van der Waals surface area contributed by atoms with E-state index < -0.39 is 5.91 Å². The Bertz CT molecular complexity index is 1010. The highest BCUT2D eigenvalue weighted by atomic mass is 16.5. The van der Waals surface area contributed by atoms with Crippen molar-refractivity contribution in [3.8, 4) is 11.3 Å². The summed E-state index contributed by atoms with van der Waals surface area (Å²) in [6, 6.07) is 19.0. The quantitative estimate of drug-likeness (QED) is 0.609. The number of morpholine rings is 1. The zero-order chi connectivity index (χ0) is 21.5. The van der Waals surface area contributed by atoms with E-state index in [0.717, 1.165) is 43.1 Å². The van der Waals surface area contributed by atoms with Crippen LogP contribution in [0.25, 0.3) is 11.3 Å². The van der Waals surface area contributed by atoms with Gasteiger partial charge in [0.25, 0.3) is 5.91 Å². The number of rotatable bonds is 7. The summed E-state index contributed by atoms with van der Waals surface area (Å²) in [7, 11) is 0. The van der Waals surface area contributed by atoms with Crippen LogP contribution in [0.3, 0.4) is 0 Å². The molecule has 1 aliphatic rings. The van der Waals surface area contributed by atoms with Crippen LogP contribution in [-0.2, 0) is 16.1 Å². The van der Waals surface area contributed by atoms with Gasteiger partial charge in [-0.1, -0.05) is 47.6 Å². The third kappa shape index (κ3) is 5.49. The fraction of sp³-hybridized carbons (Fsp3) is 0.261. The summed E-state index contributed by atoms with van der Waals surface area (Å²) in [5.74, 6) is -0.246. The molecule has 0 radical (unpaired) electrons. The van der Waals surface area contributed by atoms with E-state index in [4.69, 9.17) is 9.26 Å². The lowest BCUT2D eigenvalue weighted by Crippen LogP contribution is -2.37. The number of aromatic nitrogens is 1. The van der Waals surface area contributed by atoms with Crippen LogP contribution < -0.4 is 15.5 Å². The van der Waals surface area contributed by atoms with Crippen LogP contribution in [0.4, 0.5) is 5.69 Å². The Labute approximate surface area is 180 Å². The zero-order valence-electron chi connectivity index (χ0n) is 17.0. The topological polar surface area (TPSA) is 96.7 Å². The van der Waals surface area contributed by atoms with Gasteiger partial charge < -0.3 is 24.8 Å². The predicted molar refractivity (Wildman–Crippen MR) is 116 cm³/mol. The molecule has 0 unspecified atom stereocenters. The first-order chi connectivity index (χ1) is 15.2. The largest absolute Gasteiger partial charge is 0.378 e. The average Bonchev–Trinajstić information content (AvgIpc) is 3.33. The van der Waals surface area contributed by atoms with Gasteiger partial charge in [-0.15, -0.1) is 0 Å². The fourth-order valence-corrected chi connectivity index (χ4v) is 3.28. The van der Waals surface area contributed by atoms with Crippen LogP contribution in [0, 0.1) is 0 Å². The molecule has 8 nitrogen and oxygen atoms in total. The highest BCUT2D eigenvalue weighted by Crippen LogP contribution is 2.19. The van der Waals surface area contributed by atoms with E-state index >= 15 is 0 Å². The number of nitrogens with one attached hydrogen (secondary N) is 2. The molecule has 0 spiro atoms. The number of benzene rings is 2. The highest BCUT2D eigenvalue weighted by molar-refractivity contribution is 5.95. The lowest BCUT2D eigenvalue weighted by atomic mass is 10.1. The van der Waals surface area contributed by atoms with E-state index in [2.05, 4.69) is 20.7 Å². The van der Waals surface area contributed by atoms with Crippen LogP contribution in [-0.4, -0.2) is 49.8 Å². The van der Waals surface area contributed by atoms with Gasteiger partial charge in [0, 0.05) is 37.0 Å². The maximum atomic E-state index is 12.2. The maximum absolute atomic E-state index is 12.2. The minimum atomic E-state index is -0.462. The molecular weight excluding hydrogens is 396 g/mol. The van der Waals surface area contributed by atoms with Crippen molar-refractivity contribution in [1.29, 1.82) is 0 Å². The van der Waals surface area contributed by atoms with Crippen LogP contribution >= 0.6 is 0 Å². The summed E-state index contributed by atoms with van der Waals surface area (Å²) in [5, 5.41) is 9.14. The normalized spacial score (nSPS) is 13.6. The average molecular weight is 420 g/mol. The van der Waals surface area contributed by atoms with Crippen molar-refractivity contribution >= 4 is 17.5 Å². The monoisotopic (exact) mass is 420 g/mol. The molecule has 0 aliphatic carbocycles. The van der Waals surface area contributed by atoms with Crippen molar-refractivity contribution in [2.45, 2.75) is 6.54 Å². The molecule has 1 fully saturated rings. The summed E-state index contributed by atoms with van der Waals surface area (Å²) in [5.41, 5.74) is 3.09. The molecule has 0 saturated carbocycles. The number of ether oxygens (including phenoxy) is 1. The zero-order valence-corrected chi connectivity index (χ0v) is 17.0. The fourth-order valence-electron chi connectivity index (χ4n) is 3.28. The van der Waals surface area contributed by atoms with Crippen LogP contribution in [0.1, 0.15) is 16.1 Å². The summed E-state index contributed by atoms with van der Waals surface area (Å²) in [4.78, 5) is 26.6. The van der Waals surface area contributed by atoms with Crippen LogP contribution in [0.15, 0.2) is 65.2 Å². The number of hydrogen-bond acceptors (Lipinski definition) is 6. The summed E-state index contributed by atoms with van der Waals surface area (Å²) in [6.07, 6.45) is 0. The molecule has 3 aromatic rings. The molecule has 2 aromatic carbocycles. The van der Waals surface area contributed by atoms with Crippen LogP contribution in [0.2, 0.25) is 0 Å². The molecule has 0 atom stereocenters. The Morgan fingerprint density at radius 3 is 2.45 bits per heavy atom. The van der Waals surface area contributed by atoms with Gasteiger partial charge >= 0.3 is 0 Å². The number of carbonyl (C=O) groups excluding carboxylic acids is 2. The van der Waals surface area contributed by atoms with Crippen molar-refractivity contribution in [1.82, 2.24) is 15.8 Å². The second-order valence-corrected chi connectivity index (χ2v) is 7.17. The van der Waals surface area contributed by atoms with Gasteiger partial charge in [-0.2, -0.15) is 0 Å². The van der Waals surface area contributed by atoms with E-state index in [1.54, 1.807) is 6.07 Å². The van der Waals surface area contributed by atoms with E-state index in [1.807, 2.05) is 54.6 Å². The molecule has 4 rings (SSSR count). The minimum absolute atomic E-state index is 0.130. The number of carbonyl (C=O) groups is 2. The summed E-state index contributed by atoms with van der Waals surface area (Å²) < 4.78 is 10.6. The molecule has 31 heavy (non-hydrogen) atoms. The molecule has 1 saturated heterocycles. The number of nitrogens with zero attached hydrogens (tertiary/aromatic N) is 2. The number of amides is 2. The van der Waals surface area contributed by atoms with Crippen molar-refractivity contribution in [3.63, 3.8) is 0 Å². The molecule has 8 heteroatoms. The third-order valence-corrected chi connectivity index (χ3v) is 5.01. The summed E-state index contributed by atoms with van der Waals surface area (Å²) in [6.45, 7) is 3.50. The highest BCUT2D eigenvalue weighted by Gasteiger charge is 2.15. The molecule has 2 heterocycles. The Kier molecular flexibility index (Phi) is 6.59. The minimum Gasteiger partial charge on any atom is -0.378 e. The van der Waals surface area contributed by atoms with Gasteiger partial charge in [-0.3, -0.25) is 9.59 Å². The third-order valence-electron chi connectivity index (χ3n) is 5.01. The van der Waals surface area contributed by atoms with E-state index in [1.165, 1.54) is 0 Å². The number of hydrogen-bond donors (Lipinski definition) is 2. The van der Waals surface area contributed by atoms with Gasteiger partial charge in [0.1, 0.15) is 0 Å². The predicted octanol–water partition coefficient (Wildman–Crippen LogP) is 2.22. The Morgan fingerprint density at radius 2 is 1.71 bits per heavy atom. The van der Waals surface area contributed by atoms with Crippen molar-refractivity contribution in [2.75, 3.05) is 37.7 Å². The molecule has 1 aromatic heterocycles. The van der Waals surface area contributed by atoms with E-state index in [9.17, 15) is 9.59 Å².